The van der Waals surface area contributed by atoms with Gasteiger partial charge >= 0.3 is 0 Å². The summed E-state index contributed by atoms with van der Waals surface area (Å²) in [5, 5.41) is 14.2. The topological polar surface area (TPSA) is 78.4 Å². The van der Waals surface area contributed by atoms with Gasteiger partial charge in [-0.25, -0.2) is 8.78 Å². The van der Waals surface area contributed by atoms with Gasteiger partial charge in [-0.05, 0) is 49.2 Å². The van der Waals surface area contributed by atoms with E-state index < -0.39 is 11.6 Å². The molecule has 0 unspecified atom stereocenters. The lowest BCUT2D eigenvalue weighted by Crippen LogP contribution is -2.13. The summed E-state index contributed by atoms with van der Waals surface area (Å²) in [4.78, 5) is 23.5. The molecule has 0 aliphatic carbocycles. The molecule has 0 heterocycles. The molecule has 0 saturated heterocycles. The zero-order valence-corrected chi connectivity index (χ0v) is 13.4. The van der Waals surface area contributed by atoms with Crippen LogP contribution in [-0.4, -0.2) is 16.9 Å². The molecule has 0 aromatic heterocycles. The van der Waals surface area contributed by atoms with Gasteiger partial charge in [0.05, 0.1) is 0 Å². The van der Waals surface area contributed by atoms with Crippen molar-refractivity contribution in [2.75, 3.05) is 10.6 Å². The molecule has 2 rings (SSSR count). The van der Waals surface area contributed by atoms with E-state index in [9.17, 15) is 18.4 Å². The number of nitrogens with one attached hydrogen (secondary N) is 2. The number of phenolic OH excluding ortho intramolecular Hbond substituents is 1. The minimum Gasteiger partial charge on any atom is -0.505 e. The molecule has 0 spiro atoms. The number of phenols is 1. The lowest BCUT2D eigenvalue weighted by atomic mass is 10.1. The summed E-state index contributed by atoms with van der Waals surface area (Å²) >= 11 is 0. The second kappa shape index (κ2) is 8.77. The molecule has 0 aliphatic heterocycles. The van der Waals surface area contributed by atoms with Crippen LogP contribution in [0.1, 0.15) is 25.7 Å². The van der Waals surface area contributed by atoms with Crippen molar-refractivity contribution in [2.45, 2.75) is 25.7 Å². The lowest BCUT2D eigenvalue weighted by Gasteiger charge is -2.07. The van der Waals surface area contributed by atoms with Crippen LogP contribution in [0.15, 0.2) is 42.5 Å². The number of benzene rings is 2. The molecule has 0 aliphatic rings. The molecule has 25 heavy (non-hydrogen) atoms. The molecular formula is C18H18F2N2O3. The molecule has 0 bridgehead atoms. The minimum atomic E-state index is -0.810. The van der Waals surface area contributed by atoms with Crippen molar-refractivity contribution in [1.82, 2.24) is 0 Å². The number of unbranched alkanes of at least 4 members (excludes halogenated alkanes) is 1. The highest BCUT2D eigenvalue weighted by molar-refractivity contribution is 5.91. The Kier molecular flexibility index (Phi) is 6.45. The first kappa shape index (κ1) is 18.4. The second-order valence-corrected chi connectivity index (χ2v) is 5.48. The highest BCUT2D eigenvalue weighted by Crippen LogP contribution is 2.19. The van der Waals surface area contributed by atoms with Gasteiger partial charge in [-0.2, -0.15) is 0 Å². The van der Waals surface area contributed by atoms with Gasteiger partial charge in [0, 0.05) is 30.3 Å². The number of rotatable bonds is 7. The van der Waals surface area contributed by atoms with Crippen molar-refractivity contribution in [3.8, 4) is 5.75 Å². The van der Waals surface area contributed by atoms with Gasteiger partial charge in [0.1, 0.15) is 5.82 Å². The Morgan fingerprint density at radius 2 is 1.36 bits per heavy atom. The fourth-order valence-electron chi connectivity index (χ4n) is 2.14. The van der Waals surface area contributed by atoms with Crippen molar-refractivity contribution in [1.29, 1.82) is 0 Å². The number of amides is 2. The Labute approximate surface area is 143 Å². The number of hydrogen-bond acceptors (Lipinski definition) is 3. The molecule has 2 aromatic carbocycles. The van der Waals surface area contributed by atoms with Crippen LogP contribution in [0, 0.1) is 11.6 Å². The molecule has 0 fully saturated rings. The van der Waals surface area contributed by atoms with E-state index in [1.54, 1.807) is 0 Å². The number of halogens is 2. The van der Waals surface area contributed by atoms with Crippen molar-refractivity contribution in [3.05, 3.63) is 54.1 Å². The standard InChI is InChI=1S/C18H18F2N2O3/c19-12-5-7-13(8-6-12)21-17(24)3-1-2-4-18(25)22-14-9-10-16(23)15(20)11-14/h5-11,23H,1-4H2,(H,21,24)(H,22,25). The van der Waals surface area contributed by atoms with Crippen LogP contribution in [0.4, 0.5) is 20.2 Å². The zero-order chi connectivity index (χ0) is 18.2. The quantitative estimate of drug-likeness (QED) is 0.526. The molecule has 0 radical (unpaired) electrons. The number of aromatic hydroxyl groups is 1. The van der Waals surface area contributed by atoms with Crippen molar-refractivity contribution in [2.24, 2.45) is 0 Å². The summed E-state index contributed by atoms with van der Waals surface area (Å²) in [7, 11) is 0. The molecule has 2 amide bonds. The maximum absolute atomic E-state index is 13.2. The largest absolute Gasteiger partial charge is 0.505 e. The maximum atomic E-state index is 13.2. The molecular weight excluding hydrogens is 330 g/mol. The maximum Gasteiger partial charge on any atom is 0.224 e. The van der Waals surface area contributed by atoms with Gasteiger partial charge in [0.2, 0.25) is 11.8 Å². The first-order chi connectivity index (χ1) is 11.9. The smallest absolute Gasteiger partial charge is 0.224 e. The Bertz CT molecular complexity index is 748. The minimum absolute atomic E-state index is 0.187. The Hall–Kier alpha value is -2.96. The Morgan fingerprint density at radius 1 is 0.840 bits per heavy atom. The zero-order valence-electron chi connectivity index (χ0n) is 13.4. The highest BCUT2D eigenvalue weighted by atomic mass is 19.1. The van der Waals surface area contributed by atoms with Crippen LogP contribution in [0.2, 0.25) is 0 Å². The van der Waals surface area contributed by atoms with Gasteiger partial charge in [-0.1, -0.05) is 0 Å². The Balaban J connectivity index is 1.66. The number of anilines is 2. The SMILES string of the molecule is O=C(CCCCC(=O)Nc1ccc(O)c(F)c1)Nc1ccc(F)cc1. The van der Waals surface area contributed by atoms with E-state index in [1.165, 1.54) is 30.3 Å². The van der Waals surface area contributed by atoms with Gasteiger partial charge in [-0.15, -0.1) is 0 Å². The monoisotopic (exact) mass is 348 g/mol. The van der Waals surface area contributed by atoms with Crippen molar-refractivity contribution < 1.29 is 23.5 Å². The van der Waals surface area contributed by atoms with Gasteiger partial charge in [0.25, 0.3) is 0 Å². The molecule has 0 saturated carbocycles. The number of carbonyl (C=O) groups is 2. The normalized spacial score (nSPS) is 10.3. The first-order valence-corrected chi connectivity index (χ1v) is 7.78. The summed E-state index contributed by atoms with van der Waals surface area (Å²) < 4.78 is 25.9. The molecule has 7 heteroatoms. The second-order valence-electron chi connectivity index (χ2n) is 5.48. The van der Waals surface area contributed by atoms with E-state index in [0.717, 1.165) is 12.1 Å². The van der Waals surface area contributed by atoms with E-state index in [0.29, 0.717) is 18.5 Å². The molecule has 2 aromatic rings. The van der Waals surface area contributed by atoms with E-state index in [1.807, 2.05) is 0 Å². The third kappa shape index (κ3) is 6.21. The summed E-state index contributed by atoms with van der Waals surface area (Å²) in [6.07, 6.45) is 1.42. The molecule has 132 valence electrons. The predicted octanol–water partition coefficient (Wildman–Crippen LogP) is 3.81. The van der Waals surface area contributed by atoms with Crippen LogP contribution in [0.25, 0.3) is 0 Å². The van der Waals surface area contributed by atoms with Crippen LogP contribution < -0.4 is 10.6 Å². The Morgan fingerprint density at radius 3 is 1.92 bits per heavy atom. The molecule has 5 nitrogen and oxygen atoms in total. The van der Waals surface area contributed by atoms with Crippen LogP contribution in [0.5, 0.6) is 5.75 Å². The summed E-state index contributed by atoms with van der Waals surface area (Å²) in [5.41, 5.74) is 0.771. The third-order valence-corrected chi connectivity index (χ3v) is 3.42. The van der Waals surface area contributed by atoms with Crippen LogP contribution in [0.3, 0.4) is 0 Å². The van der Waals surface area contributed by atoms with Gasteiger partial charge in [0.15, 0.2) is 11.6 Å². The van der Waals surface area contributed by atoms with Gasteiger partial charge < -0.3 is 15.7 Å². The summed E-state index contributed by atoms with van der Waals surface area (Å²) in [5.74, 6) is -2.19. The fourth-order valence-corrected chi connectivity index (χ4v) is 2.14. The predicted molar refractivity (Wildman–Crippen MR) is 90.2 cm³/mol. The third-order valence-electron chi connectivity index (χ3n) is 3.42. The van der Waals surface area contributed by atoms with E-state index in [2.05, 4.69) is 10.6 Å². The number of carbonyl (C=O) groups excluding carboxylic acids is 2. The highest BCUT2D eigenvalue weighted by Gasteiger charge is 2.07. The van der Waals surface area contributed by atoms with E-state index in [4.69, 9.17) is 5.11 Å². The van der Waals surface area contributed by atoms with Crippen molar-refractivity contribution >= 4 is 23.2 Å². The molecule has 3 N–H and O–H groups in total. The van der Waals surface area contributed by atoms with Crippen LogP contribution >= 0.6 is 0 Å². The number of hydrogen-bond donors (Lipinski definition) is 3. The van der Waals surface area contributed by atoms with Gasteiger partial charge in [-0.3, -0.25) is 9.59 Å². The average molecular weight is 348 g/mol. The fraction of sp³-hybridized carbons (Fsp3) is 0.222. The molecule has 0 atom stereocenters. The van der Waals surface area contributed by atoms with Crippen molar-refractivity contribution in [3.63, 3.8) is 0 Å². The first-order valence-electron chi connectivity index (χ1n) is 7.78. The summed E-state index contributed by atoms with van der Waals surface area (Å²) in [6, 6.07) is 9.04. The lowest BCUT2D eigenvalue weighted by molar-refractivity contribution is -0.118. The summed E-state index contributed by atoms with van der Waals surface area (Å²) in [6.45, 7) is 0. The average Bonchev–Trinajstić information content (AvgIpc) is 2.57. The van der Waals surface area contributed by atoms with Crippen LogP contribution in [-0.2, 0) is 9.59 Å². The van der Waals surface area contributed by atoms with E-state index in [-0.39, 0.29) is 36.2 Å². The van der Waals surface area contributed by atoms with E-state index >= 15 is 0 Å².